The molecule has 12 N–H and O–H groups in total. The van der Waals surface area contributed by atoms with Crippen LogP contribution < -0.4 is 38.5 Å². The van der Waals surface area contributed by atoms with Gasteiger partial charge in [-0.05, 0) is 64.2 Å². The minimum atomic E-state index is -0.453. The summed E-state index contributed by atoms with van der Waals surface area (Å²) in [6, 6.07) is 0. The Balaban J connectivity index is -0.000000521. The van der Waals surface area contributed by atoms with E-state index in [1.807, 2.05) is 77.7 Å². The molecular weight excluding hydrogens is 1740 g/mol. The Bertz CT molecular complexity index is 2500. The third-order valence-corrected chi connectivity index (χ3v) is 30.5. The molecule has 0 aromatic heterocycles. The number of hydrazine groups is 2. The van der Waals surface area contributed by atoms with Gasteiger partial charge in [0, 0.05) is 29.2 Å². The van der Waals surface area contributed by atoms with Gasteiger partial charge in [0.05, 0.1) is 5.41 Å². The number of nitrogens with zero attached hydrogens (tertiary/aromatic N) is 2. The van der Waals surface area contributed by atoms with Gasteiger partial charge in [0.2, 0.25) is 29.5 Å². The number of hydrogen-bond acceptors (Lipinski definition) is 14. The summed E-state index contributed by atoms with van der Waals surface area (Å²) in [4.78, 5) is 57.5. The molecule has 0 aliphatic carbocycles. The first-order valence-corrected chi connectivity index (χ1v) is 61.7. The number of hydrazone groups is 1. The van der Waals surface area contributed by atoms with Crippen LogP contribution in [0, 0.1) is 28.1 Å². The largest absolute Gasteiger partial charge is 0.289 e. The van der Waals surface area contributed by atoms with Gasteiger partial charge in [-0.1, -0.05) is 643 Å². The van der Waals surface area contributed by atoms with Crippen molar-refractivity contribution in [3.63, 3.8) is 0 Å². The number of amides is 5. The zero-order chi connectivity index (χ0) is 104. The van der Waals surface area contributed by atoms with Crippen molar-refractivity contribution < 1.29 is 50.0 Å². The molecule has 1 rings (SSSR count). The summed E-state index contributed by atoms with van der Waals surface area (Å²) in [5.41, 5.74) is 13.4. The number of carbonyl (C=O) groups excluding carboxylic acids is 5. The van der Waals surface area contributed by atoms with Crippen LogP contribution in [-0.4, -0.2) is 73.5 Å². The molecule has 838 valence electrons. The van der Waals surface area contributed by atoms with E-state index in [2.05, 4.69) is 57.7 Å². The summed E-state index contributed by atoms with van der Waals surface area (Å²) in [6.07, 6.45) is 127. The molecular formula is C121H249N9O10. The van der Waals surface area contributed by atoms with Crippen molar-refractivity contribution >= 4 is 35.9 Å². The maximum absolute atomic E-state index is 11.9. The number of unbranched alkanes of at least 4 members (excludes halogenated alkanes) is 80. The van der Waals surface area contributed by atoms with Crippen LogP contribution in [0.3, 0.4) is 0 Å². The maximum atomic E-state index is 11.9. The van der Waals surface area contributed by atoms with Gasteiger partial charge in [0.15, 0.2) is 0 Å². The lowest BCUT2D eigenvalue weighted by Crippen LogP contribution is -2.38. The average Bonchev–Trinajstić information content (AvgIpc) is 0.901. The van der Waals surface area contributed by atoms with E-state index in [0.29, 0.717) is 0 Å². The van der Waals surface area contributed by atoms with E-state index < -0.39 is 10.8 Å². The molecule has 1 heterocycles. The van der Waals surface area contributed by atoms with Crippen molar-refractivity contribution in [1.82, 2.24) is 43.5 Å². The molecule has 0 aromatic rings. The number of carbonyl (C=O) groups is 5. The lowest BCUT2D eigenvalue weighted by atomic mass is 9.77. The summed E-state index contributed by atoms with van der Waals surface area (Å²) >= 11 is 0. The van der Waals surface area contributed by atoms with Crippen LogP contribution in [0.5, 0.6) is 0 Å². The van der Waals surface area contributed by atoms with Gasteiger partial charge in [-0.25, -0.2) is 32.9 Å². The van der Waals surface area contributed by atoms with E-state index in [1.165, 1.54) is 520 Å². The molecule has 0 saturated heterocycles. The standard InChI is InChI=1S/C22H45NO2.C21H43NO2.2C20H41NO2.C19H40N4.C19H39NO2/c1-4-7-8-9-10-11-12-13-14-15-16-17-18-19-20-22(5-2,6-3)21(24)23-25;1-4-6-7-8-9-10-11-12-13-14-15-16-17-18-19-21(3,5-2)20(23)22-24;1-4-5-6-7-8-9-10-11-12-13-14-15-16-17-18-20(2,3)19(22)21-23;1-3-5-6-7-8-9-10-11-12-13-14-15-16-17-18-19(4-2)20(22)21-23;1-2-3-4-5-6-7-8-9-10-11-12-13-14-15-16-17-18-23-19-20-21-22-23;1-3-4-5-6-7-8-9-10-11-12-13-14-15-16-17-18(2)19(21)20-22/h25H,4-20H2,1-3H3,(H,23,24);24H,4-19H2,1-3H3,(H,22,23);23H,4-18H2,1-3H3,(H,21,22);19,23H,3-18H2,1-2H3,(H,21,22);19,21-22H,2-18H2,1H3;18,22H,3-17H2,1-2H3,(H,20,21). The van der Waals surface area contributed by atoms with E-state index in [-0.39, 0.29) is 46.8 Å². The molecule has 0 bridgehead atoms. The Morgan fingerprint density at radius 2 is 0.493 bits per heavy atom. The van der Waals surface area contributed by atoms with E-state index in [4.69, 9.17) is 26.0 Å². The Morgan fingerprint density at radius 3 is 0.714 bits per heavy atom. The average molecular weight is 1990 g/mol. The molecule has 3 unspecified atom stereocenters. The van der Waals surface area contributed by atoms with E-state index >= 15 is 0 Å². The summed E-state index contributed by atoms with van der Waals surface area (Å²) in [7, 11) is 0. The van der Waals surface area contributed by atoms with Gasteiger partial charge in [0.25, 0.3) is 0 Å². The molecule has 3 atom stereocenters. The third-order valence-electron chi connectivity index (χ3n) is 30.5. The molecule has 1 aliphatic rings. The topological polar surface area (TPSA) is 286 Å². The minimum Gasteiger partial charge on any atom is -0.289 e. The molecule has 140 heavy (non-hydrogen) atoms. The second-order valence-corrected chi connectivity index (χ2v) is 43.8. The van der Waals surface area contributed by atoms with Crippen LogP contribution in [0.1, 0.15) is 707 Å². The number of rotatable bonds is 101. The molecule has 0 spiro atoms. The van der Waals surface area contributed by atoms with Gasteiger partial charge in [-0.15, -0.1) is 5.53 Å². The fourth-order valence-electron chi connectivity index (χ4n) is 19.4. The van der Waals surface area contributed by atoms with E-state index in [1.54, 1.807) is 16.4 Å². The lowest BCUT2D eigenvalue weighted by molar-refractivity contribution is -0.141. The van der Waals surface area contributed by atoms with Crippen molar-refractivity contribution in [3.05, 3.63) is 0 Å². The first kappa shape index (κ1) is 145. The first-order chi connectivity index (χ1) is 68.2. The minimum absolute atomic E-state index is 0.0164. The van der Waals surface area contributed by atoms with Crippen LogP contribution in [0.4, 0.5) is 0 Å². The van der Waals surface area contributed by atoms with E-state index in [0.717, 1.165) is 96.4 Å². The second kappa shape index (κ2) is 119. The van der Waals surface area contributed by atoms with Crippen molar-refractivity contribution in [2.24, 2.45) is 33.2 Å². The Labute approximate surface area is 871 Å². The van der Waals surface area contributed by atoms with Crippen LogP contribution in [0.2, 0.25) is 0 Å². The molecule has 1 aliphatic heterocycles. The smallest absolute Gasteiger partial charge is 0.249 e. The monoisotopic (exact) mass is 1990 g/mol. The highest BCUT2D eigenvalue weighted by Crippen LogP contribution is 2.35. The van der Waals surface area contributed by atoms with Gasteiger partial charge < -0.3 is 0 Å². The van der Waals surface area contributed by atoms with E-state index in [9.17, 15) is 24.0 Å². The predicted molar refractivity (Wildman–Crippen MR) is 603 cm³/mol. The number of hydrogen-bond donors (Lipinski definition) is 12. The molecule has 19 nitrogen and oxygen atoms in total. The first-order valence-electron chi connectivity index (χ1n) is 61.7. The van der Waals surface area contributed by atoms with Crippen LogP contribution in [0.15, 0.2) is 5.10 Å². The lowest BCUT2D eigenvalue weighted by Gasteiger charge is -2.29. The summed E-state index contributed by atoms with van der Waals surface area (Å²) in [5.74, 6) is -1.27. The predicted octanol–water partition coefficient (Wildman–Crippen LogP) is 38.2. The van der Waals surface area contributed by atoms with Crippen molar-refractivity contribution in [2.45, 2.75) is 707 Å². The maximum Gasteiger partial charge on any atom is 0.249 e. The van der Waals surface area contributed by atoms with Gasteiger partial charge in [-0.3, -0.25) is 55.0 Å². The van der Waals surface area contributed by atoms with Gasteiger partial charge >= 0.3 is 0 Å². The molecule has 0 radical (unpaired) electrons. The fourth-order valence-corrected chi connectivity index (χ4v) is 19.4. The summed E-state index contributed by atoms with van der Waals surface area (Å²) in [5, 5.41) is 49.5. The SMILES string of the molecule is CCCCCCCCCCCCCCCCC(C)(C)C(=O)NO.CCCCCCCCCCCCCCCCC(C)(CC)C(=O)NO.CCCCCCCCCCCCCCCCC(C)C(=O)NO.CCCCCCCCCCCCCCCCC(CC)(CC)C(=O)NO.CCCCCCCCCCCCCCCCC(CC)C(=O)NO.CCCCCCCCCCCCCCCCCCN1C=NNN1. The number of hydroxylamine groups is 5. The third kappa shape index (κ3) is 104. The number of nitrogens with one attached hydrogen (secondary N) is 7. The Kier molecular flexibility index (Phi) is 123. The molecule has 0 saturated carbocycles. The molecule has 0 fully saturated rings. The van der Waals surface area contributed by atoms with Crippen molar-refractivity contribution in [1.29, 1.82) is 0 Å². The highest BCUT2D eigenvalue weighted by Gasteiger charge is 2.34. The Hall–Kier alpha value is -3.62. The van der Waals surface area contributed by atoms with Crippen LogP contribution in [-0.2, 0) is 24.0 Å². The summed E-state index contributed by atoms with van der Waals surface area (Å²) in [6.45, 7) is 30.4. The fraction of sp³-hybridized carbons (Fsp3) is 0.950. The zero-order valence-corrected chi connectivity index (χ0v) is 96.3. The molecule has 19 heteroatoms. The molecule has 0 aromatic carbocycles. The molecule has 5 amide bonds. The summed E-state index contributed by atoms with van der Waals surface area (Å²) < 4.78 is 0. The highest BCUT2D eigenvalue weighted by molar-refractivity contribution is 5.82. The van der Waals surface area contributed by atoms with Crippen LogP contribution >= 0.6 is 0 Å². The van der Waals surface area contributed by atoms with Gasteiger partial charge in [0.1, 0.15) is 6.34 Å². The Morgan fingerprint density at radius 1 is 0.264 bits per heavy atom. The quantitative estimate of drug-likeness (QED) is 0.0153. The zero-order valence-electron chi connectivity index (χ0n) is 96.3. The normalized spacial score (nSPS) is 12.6. The van der Waals surface area contributed by atoms with Crippen LogP contribution in [0.25, 0.3) is 0 Å². The van der Waals surface area contributed by atoms with Gasteiger partial charge in [-0.2, -0.15) is 5.10 Å². The highest BCUT2D eigenvalue weighted by atomic mass is 16.5. The van der Waals surface area contributed by atoms with Crippen molar-refractivity contribution in [3.8, 4) is 0 Å². The second-order valence-electron chi connectivity index (χ2n) is 43.8. The van der Waals surface area contributed by atoms with Crippen molar-refractivity contribution in [2.75, 3.05) is 6.54 Å².